The number of benzene rings is 1. The number of aliphatic hydroxyl groups excluding tert-OH is 1. The molecule has 2 nitrogen and oxygen atoms in total. The molecular formula is C14H13NO. The summed E-state index contributed by atoms with van der Waals surface area (Å²) < 4.78 is 0. The first kappa shape index (κ1) is 10.6. The molecule has 80 valence electrons. The molecule has 1 atom stereocenters. The summed E-state index contributed by atoms with van der Waals surface area (Å²) in [5, 5.41) is 10.1. The zero-order chi connectivity index (χ0) is 11.4. The van der Waals surface area contributed by atoms with Gasteiger partial charge >= 0.3 is 0 Å². The summed E-state index contributed by atoms with van der Waals surface area (Å²) in [7, 11) is 0. The molecule has 1 N–H and O–H groups in total. The zero-order valence-corrected chi connectivity index (χ0v) is 8.88. The van der Waals surface area contributed by atoms with Gasteiger partial charge in [-0.05, 0) is 17.7 Å². The maximum Gasteiger partial charge on any atom is 0.106 e. The summed E-state index contributed by atoms with van der Waals surface area (Å²) in [5.41, 5.74) is 2.17. The summed E-state index contributed by atoms with van der Waals surface area (Å²) in [6.45, 7) is 3.89. The quantitative estimate of drug-likeness (QED) is 0.846. The summed E-state index contributed by atoms with van der Waals surface area (Å²) >= 11 is 0. The van der Waals surface area contributed by atoms with Gasteiger partial charge in [0.1, 0.15) is 6.10 Å². The Morgan fingerprint density at radius 2 is 1.75 bits per heavy atom. The minimum atomic E-state index is -0.698. The lowest BCUT2D eigenvalue weighted by atomic mass is 10.0. The maximum atomic E-state index is 10.1. The first-order valence-electron chi connectivity index (χ1n) is 5.12. The van der Waals surface area contributed by atoms with Gasteiger partial charge in [0, 0.05) is 11.8 Å². The van der Waals surface area contributed by atoms with Crippen LogP contribution in [-0.2, 0) is 0 Å². The van der Waals surface area contributed by atoms with E-state index < -0.39 is 6.10 Å². The van der Waals surface area contributed by atoms with Crippen molar-refractivity contribution < 1.29 is 5.11 Å². The molecule has 0 aliphatic rings. The number of hydrogen-bond acceptors (Lipinski definition) is 2. The van der Waals surface area contributed by atoms with Crippen LogP contribution in [0.25, 0.3) is 5.57 Å². The standard InChI is InChI=1S/C14H13NO/c1-11(13-9-5-6-10-15-13)14(16)12-7-3-2-4-8-12/h2-10,14,16H,1H2. The highest BCUT2D eigenvalue weighted by atomic mass is 16.3. The van der Waals surface area contributed by atoms with Crippen molar-refractivity contribution in [2.45, 2.75) is 6.10 Å². The average molecular weight is 211 g/mol. The van der Waals surface area contributed by atoms with Crippen molar-refractivity contribution in [3.63, 3.8) is 0 Å². The minimum Gasteiger partial charge on any atom is -0.384 e. The fourth-order valence-corrected chi connectivity index (χ4v) is 1.53. The topological polar surface area (TPSA) is 33.1 Å². The van der Waals surface area contributed by atoms with E-state index in [1.807, 2.05) is 48.5 Å². The molecule has 0 saturated carbocycles. The van der Waals surface area contributed by atoms with Crippen LogP contribution in [-0.4, -0.2) is 10.1 Å². The number of nitrogens with zero attached hydrogens (tertiary/aromatic N) is 1. The predicted molar refractivity (Wildman–Crippen MR) is 64.7 cm³/mol. The second-order valence-corrected chi connectivity index (χ2v) is 3.55. The van der Waals surface area contributed by atoms with Crippen molar-refractivity contribution in [3.8, 4) is 0 Å². The highest BCUT2D eigenvalue weighted by Gasteiger charge is 2.13. The van der Waals surface area contributed by atoms with Crippen LogP contribution in [0.2, 0.25) is 0 Å². The van der Waals surface area contributed by atoms with Crippen LogP contribution < -0.4 is 0 Å². The van der Waals surface area contributed by atoms with Gasteiger partial charge in [0.05, 0.1) is 5.69 Å². The van der Waals surface area contributed by atoms with E-state index >= 15 is 0 Å². The molecule has 2 heteroatoms. The number of hydrogen-bond donors (Lipinski definition) is 1. The molecular weight excluding hydrogens is 198 g/mol. The SMILES string of the molecule is C=C(c1ccccn1)C(O)c1ccccc1. The van der Waals surface area contributed by atoms with E-state index in [0.717, 1.165) is 11.3 Å². The average Bonchev–Trinajstić information content (AvgIpc) is 2.39. The van der Waals surface area contributed by atoms with Crippen molar-refractivity contribution in [1.29, 1.82) is 0 Å². The lowest BCUT2D eigenvalue weighted by molar-refractivity contribution is 0.238. The molecule has 0 bridgehead atoms. The Labute approximate surface area is 94.9 Å². The molecule has 0 radical (unpaired) electrons. The van der Waals surface area contributed by atoms with Crippen LogP contribution >= 0.6 is 0 Å². The highest BCUT2D eigenvalue weighted by molar-refractivity contribution is 5.65. The van der Waals surface area contributed by atoms with Crippen LogP contribution in [0.15, 0.2) is 61.3 Å². The largest absolute Gasteiger partial charge is 0.384 e. The summed E-state index contributed by atoms with van der Waals surface area (Å²) in [6.07, 6.45) is 0.995. The normalized spacial score (nSPS) is 12.1. The van der Waals surface area contributed by atoms with Gasteiger partial charge in [-0.2, -0.15) is 0 Å². The molecule has 1 aromatic carbocycles. The second-order valence-electron chi connectivity index (χ2n) is 3.55. The van der Waals surface area contributed by atoms with Crippen molar-refractivity contribution in [2.24, 2.45) is 0 Å². The zero-order valence-electron chi connectivity index (χ0n) is 8.88. The Morgan fingerprint density at radius 3 is 2.38 bits per heavy atom. The van der Waals surface area contributed by atoms with Gasteiger partial charge in [0.2, 0.25) is 0 Å². The molecule has 1 unspecified atom stereocenters. The smallest absolute Gasteiger partial charge is 0.106 e. The van der Waals surface area contributed by atoms with Crippen molar-refractivity contribution in [2.75, 3.05) is 0 Å². The Bertz CT molecular complexity index is 465. The summed E-state index contributed by atoms with van der Waals surface area (Å²) in [4.78, 5) is 4.17. The number of pyridine rings is 1. The fourth-order valence-electron chi connectivity index (χ4n) is 1.53. The molecule has 0 aliphatic heterocycles. The molecule has 0 saturated heterocycles. The monoisotopic (exact) mass is 211 g/mol. The molecule has 1 heterocycles. The summed E-state index contributed by atoms with van der Waals surface area (Å²) in [6, 6.07) is 15.0. The molecule has 0 amide bonds. The van der Waals surface area contributed by atoms with Crippen molar-refractivity contribution in [3.05, 3.63) is 72.6 Å². The number of aromatic nitrogens is 1. The molecule has 0 aliphatic carbocycles. The Morgan fingerprint density at radius 1 is 1.06 bits per heavy atom. The summed E-state index contributed by atoms with van der Waals surface area (Å²) in [5.74, 6) is 0. The molecule has 0 spiro atoms. The van der Waals surface area contributed by atoms with E-state index in [1.165, 1.54) is 0 Å². The Balaban J connectivity index is 2.24. The lowest BCUT2D eigenvalue weighted by Crippen LogP contribution is -2.01. The second kappa shape index (κ2) is 4.73. The number of aliphatic hydroxyl groups is 1. The lowest BCUT2D eigenvalue weighted by Gasteiger charge is -2.13. The van der Waals surface area contributed by atoms with E-state index in [-0.39, 0.29) is 0 Å². The first-order chi connectivity index (χ1) is 7.79. The molecule has 16 heavy (non-hydrogen) atoms. The van der Waals surface area contributed by atoms with Crippen LogP contribution in [0.1, 0.15) is 17.4 Å². The van der Waals surface area contributed by atoms with E-state index in [0.29, 0.717) is 5.57 Å². The molecule has 1 aromatic heterocycles. The molecule has 2 aromatic rings. The third kappa shape index (κ3) is 2.18. The number of rotatable bonds is 3. The fraction of sp³-hybridized carbons (Fsp3) is 0.0714. The Hall–Kier alpha value is -1.93. The van der Waals surface area contributed by atoms with E-state index in [4.69, 9.17) is 0 Å². The van der Waals surface area contributed by atoms with Gasteiger partial charge in [-0.3, -0.25) is 4.98 Å². The third-order valence-electron chi connectivity index (χ3n) is 2.44. The first-order valence-corrected chi connectivity index (χ1v) is 5.12. The van der Waals surface area contributed by atoms with Gasteiger partial charge in [-0.15, -0.1) is 0 Å². The molecule has 2 rings (SSSR count). The van der Waals surface area contributed by atoms with Gasteiger partial charge in [0.15, 0.2) is 0 Å². The Kier molecular flexibility index (Phi) is 3.13. The minimum absolute atomic E-state index is 0.617. The van der Waals surface area contributed by atoms with E-state index in [9.17, 15) is 5.11 Å². The van der Waals surface area contributed by atoms with Gasteiger partial charge in [-0.1, -0.05) is 43.0 Å². The van der Waals surface area contributed by atoms with Crippen LogP contribution in [0.4, 0.5) is 0 Å². The third-order valence-corrected chi connectivity index (χ3v) is 2.44. The predicted octanol–water partition coefficient (Wildman–Crippen LogP) is 2.83. The molecule has 0 fully saturated rings. The van der Waals surface area contributed by atoms with E-state index in [1.54, 1.807) is 6.20 Å². The van der Waals surface area contributed by atoms with Gasteiger partial charge in [0.25, 0.3) is 0 Å². The van der Waals surface area contributed by atoms with Crippen molar-refractivity contribution in [1.82, 2.24) is 4.98 Å². The van der Waals surface area contributed by atoms with Crippen LogP contribution in [0.5, 0.6) is 0 Å². The van der Waals surface area contributed by atoms with Gasteiger partial charge in [-0.25, -0.2) is 0 Å². The van der Waals surface area contributed by atoms with Crippen LogP contribution in [0, 0.1) is 0 Å². The van der Waals surface area contributed by atoms with Crippen molar-refractivity contribution >= 4 is 5.57 Å². The highest BCUT2D eigenvalue weighted by Crippen LogP contribution is 2.26. The maximum absolute atomic E-state index is 10.1. The van der Waals surface area contributed by atoms with E-state index in [2.05, 4.69) is 11.6 Å². The van der Waals surface area contributed by atoms with Crippen LogP contribution in [0.3, 0.4) is 0 Å². The van der Waals surface area contributed by atoms with Gasteiger partial charge < -0.3 is 5.11 Å².